The Bertz CT molecular complexity index is 580. The average Bonchev–Trinajstić information content (AvgIpc) is 2.81. The van der Waals surface area contributed by atoms with E-state index < -0.39 is 41.9 Å². The van der Waals surface area contributed by atoms with Gasteiger partial charge in [0.25, 0.3) is 5.56 Å². The molecule has 8 nitrogen and oxygen atoms in total. The van der Waals surface area contributed by atoms with Crippen LogP contribution in [0.3, 0.4) is 0 Å². The van der Waals surface area contributed by atoms with Crippen LogP contribution < -0.4 is 11.2 Å². The number of H-pyrrole nitrogens is 1. The SMILES string of the molecule is O=c1ccn([C@@H]2O[C@@]3(CO)CO[C@@H]2[C@H]3O)c(=O)[nH]1. The number of aliphatic hydroxyl groups excluding tert-OH is 2. The third kappa shape index (κ3) is 1.40. The van der Waals surface area contributed by atoms with Crippen LogP contribution in [0.4, 0.5) is 0 Å². The lowest BCUT2D eigenvalue weighted by Gasteiger charge is -2.29. The standard InChI is InChI=1S/C10H12N2O6/c13-3-10-4-17-6(7(10)15)8(18-10)12-2-1-5(14)11-9(12)16/h1-2,6-8,13,15H,3-4H2,(H,11,14,16)/t6-,7-,8-,10+/m1/s1. The van der Waals surface area contributed by atoms with Crippen LogP contribution in [0.5, 0.6) is 0 Å². The molecule has 2 saturated heterocycles. The molecule has 2 fully saturated rings. The maximum Gasteiger partial charge on any atom is 0.330 e. The Kier molecular flexibility index (Phi) is 2.42. The summed E-state index contributed by atoms with van der Waals surface area (Å²) < 4.78 is 12.0. The Labute approximate surface area is 100 Å². The smallest absolute Gasteiger partial charge is 0.330 e. The van der Waals surface area contributed by atoms with Crippen molar-refractivity contribution in [3.05, 3.63) is 33.1 Å². The molecular formula is C10H12N2O6. The second-order valence-corrected chi connectivity index (χ2v) is 4.47. The van der Waals surface area contributed by atoms with Gasteiger partial charge in [0.15, 0.2) is 6.23 Å². The Morgan fingerprint density at radius 1 is 1.56 bits per heavy atom. The summed E-state index contributed by atoms with van der Waals surface area (Å²) in [6.07, 6.45) is -1.33. The molecule has 0 aliphatic carbocycles. The van der Waals surface area contributed by atoms with E-state index in [1.807, 2.05) is 0 Å². The van der Waals surface area contributed by atoms with E-state index in [0.717, 1.165) is 4.57 Å². The molecule has 1 aromatic rings. The highest BCUT2D eigenvalue weighted by Gasteiger charge is 2.61. The van der Waals surface area contributed by atoms with Gasteiger partial charge in [0, 0.05) is 12.3 Å². The lowest BCUT2D eigenvalue weighted by molar-refractivity contribution is -0.187. The zero-order valence-corrected chi connectivity index (χ0v) is 9.28. The Morgan fingerprint density at radius 2 is 2.33 bits per heavy atom. The second-order valence-electron chi connectivity index (χ2n) is 4.47. The summed E-state index contributed by atoms with van der Waals surface area (Å²) >= 11 is 0. The molecule has 8 heteroatoms. The first-order valence-electron chi connectivity index (χ1n) is 5.47. The van der Waals surface area contributed by atoms with Crippen LogP contribution in [-0.2, 0) is 9.47 Å². The van der Waals surface area contributed by atoms with Gasteiger partial charge in [-0.2, -0.15) is 0 Å². The fourth-order valence-electron chi connectivity index (χ4n) is 2.38. The van der Waals surface area contributed by atoms with Crippen molar-refractivity contribution in [2.24, 2.45) is 0 Å². The first-order chi connectivity index (χ1) is 8.57. The number of nitrogens with one attached hydrogen (secondary N) is 1. The molecule has 4 atom stereocenters. The van der Waals surface area contributed by atoms with Crippen LogP contribution in [0.25, 0.3) is 0 Å². The minimum atomic E-state index is -1.19. The summed E-state index contributed by atoms with van der Waals surface area (Å²) in [5.74, 6) is 0. The van der Waals surface area contributed by atoms with Gasteiger partial charge in [-0.05, 0) is 0 Å². The van der Waals surface area contributed by atoms with Crippen LogP contribution in [-0.4, -0.2) is 50.8 Å². The minimum Gasteiger partial charge on any atom is -0.393 e. The fraction of sp³-hybridized carbons (Fsp3) is 0.600. The van der Waals surface area contributed by atoms with Gasteiger partial charge < -0.3 is 19.7 Å². The molecule has 2 bridgehead atoms. The first kappa shape index (κ1) is 11.6. The van der Waals surface area contributed by atoms with Crippen molar-refractivity contribution in [1.82, 2.24) is 9.55 Å². The maximum atomic E-state index is 11.6. The van der Waals surface area contributed by atoms with E-state index in [2.05, 4.69) is 4.98 Å². The van der Waals surface area contributed by atoms with Gasteiger partial charge >= 0.3 is 5.69 Å². The molecule has 0 amide bonds. The molecule has 0 spiro atoms. The van der Waals surface area contributed by atoms with Gasteiger partial charge in [-0.1, -0.05) is 0 Å². The van der Waals surface area contributed by atoms with Crippen molar-refractivity contribution in [1.29, 1.82) is 0 Å². The lowest BCUT2D eigenvalue weighted by atomic mass is 10.0. The molecule has 3 heterocycles. The topological polar surface area (TPSA) is 114 Å². The van der Waals surface area contributed by atoms with E-state index in [-0.39, 0.29) is 6.61 Å². The number of fused-ring (bicyclic) bond motifs is 2. The van der Waals surface area contributed by atoms with Crippen LogP contribution in [0.15, 0.2) is 21.9 Å². The van der Waals surface area contributed by atoms with E-state index in [4.69, 9.17) is 9.47 Å². The molecule has 2 aliphatic heterocycles. The van der Waals surface area contributed by atoms with Crippen LogP contribution in [0.2, 0.25) is 0 Å². The van der Waals surface area contributed by atoms with Gasteiger partial charge in [-0.3, -0.25) is 14.3 Å². The van der Waals surface area contributed by atoms with Gasteiger partial charge in [0.1, 0.15) is 17.8 Å². The number of aromatic nitrogens is 2. The Hall–Kier alpha value is -1.48. The van der Waals surface area contributed by atoms with Crippen molar-refractivity contribution in [2.45, 2.75) is 24.0 Å². The monoisotopic (exact) mass is 256 g/mol. The highest BCUT2D eigenvalue weighted by atomic mass is 16.7. The molecule has 1 aromatic heterocycles. The Balaban J connectivity index is 2.01. The third-order valence-electron chi connectivity index (χ3n) is 3.40. The minimum absolute atomic E-state index is 0.0734. The summed E-state index contributed by atoms with van der Waals surface area (Å²) in [6.45, 7) is -0.330. The van der Waals surface area contributed by atoms with Gasteiger partial charge in [-0.15, -0.1) is 0 Å². The van der Waals surface area contributed by atoms with Crippen LogP contribution in [0, 0.1) is 0 Å². The van der Waals surface area contributed by atoms with Gasteiger partial charge in [0.2, 0.25) is 0 Å². The van der Waals surface area contributed by atoms with Crippen LogP contribution >= 0.6 is 0 Å². The third-order valence-corrected chi connectivity index (χ3v) is 3.40. The number of ether oxygens (including phenoxy) is 2. The summed E-state index contributed by atoms with van der Waals surface area (Å²) in [6, 6.07) is 1.18. The lowest BCUT2D eigenvalue weighted by Crippen LogP contribution is -2.44. The second kappa shape index (κ2) is 3.75. The van der Waals surface area contributed by atoms with Crippen molar-refractivity contribution in [2.75, 3.05) is 13.2 Å². The molecule has 0 saturated carbocycles. The Morgan fingerprint density at radius 3 is 2.94 bits per heavy atom. The first-order valence-corrected chi connectivity index (χ1v) is 5.47. The number of hydrogen-bond donors (Lipinski definition) is 3. The summed E-state index contributed by atoms with van der Waals surface area (Å²) in [7, 11) is 0. The number of aromatic amines is 1. The van der Waals surface area contributed by atoms with E-state index in [9.17, 15) is 19.8 Å². The number of aliphatic hydroxyl groups is 2. The molecule has 18 heavy (non-hydrogen) atoms. The zero-order valence-electron chi connectivity index (χ0n) is 9.28. The molecule has 0 aromatic carbocycles. The molecule has 2 aliphatic rings. The summed E-state index contributed by atoms with van der Waals surface area (Å²) in [4.78, 5) is 24.7. The maximum absolute atomic E-state index is 11.6. The van der Waals surface area contributed by atoms with Crippen molar-refractivity contribution in [3.8, 4) is 0 Å². The number of rotatable bonds is 2. The molecule has 3 rings (SSSR count). The van der Waals surface area contributed by atoms with Gasteiger partial charge in [0.05, 0.1) is 13.2 Å². The molecular weight excluding hydrogens is 244 g/mol. The number of nitrogens with zero attached hydrogens (tertiary/aromatic N) is 1. The van der Waals surface area contributed by atoms with E-state index >= 15 is 0 Å². The normalized spacial score (nSPS) is 38.2. The largest absolute Gasteiger partial charge is 0.393 e. The molecule has 98 valence electrons. The van der Waals surface area contributed by atoms with E-state index in [0.29, 0.717) is 0 Å². The quantitative estimate of drug-likeness (QED) is 0.541. The molecule has 0 unspecified atom stereocenters. The van der Waals surface area contributed by atoms with E-state index in [1.54, 1.807) is 0 Å². The molecule has 3 N–H and O–H groups in total. The summed E-state index contributed by atoms with van der Waals surface area (Å²) in [5, 5.41) is 19.2. The van der Waals surface area contributed by atoms with Crippen molar-refractivity contribution in [3.63, 3.8) is 0 Å². The van der Waals surface area contributed by atoms with Crippen LogP contribution in [0.1, 0.15) is 6.23 Å². The highest BCUT2D eigenvalue weighted by Crippen LogP contribution is 2.43. The average molecular weight is 256 g/mol. The highest BCUT2D eigenvalue weighted by molar-refractivity contribution is 5.07. The fourth-order valence-corrected chi connectivity index (χ4v) is 2.38. The van der Waals surface area contributed by atoms with Crippen molar-refractivity contribution < 1.29 is 19.7 Å². The predicted octanol–water partition coefficient (Wildman–Crippen LogP) is -2.44. The predicted molar refractivity (Wildman–Crippen MR) is 57.0 cm³/mol. The van der Waals surface area contributed by atoms with Crippen molar-refractivity contribution >= 4 is 0 Å². The van der Waals surface area contributed by atoms with E-state index in [1.165, 1.54) is 12.3 Å². The zero-order chi connectivity index (χ0) is 12.9. The summed E-state index contributed by atoms with van der Waals surface area (Å²) in [5.41, 5.74) is -2.35. The molecule has 0 radical (unpaired) electrons. The number of hydrogen-bond acceptors (Lipinski definition) is 6. The van der Waals surface area contributed by atoms with Gasteiger partial charge in [-0.25, -0.2) is 4.79 Å².